The van der Waals surface area contributed by atoms with Crippen molar-refractivity contribution in [3.63, 3.8) is 0 Å². The molecule has 5 heteroatoms. The summed E-state index contributed by atoms with van der Waals surface area (Å²) in [6.45, 7) is 4.64. The van der Waals surface area contributed by atoms with Crippen LogP contribution in [0.2, 0.25) is 0 Å². The van der Waals surface area contributed by atoms with E-state index < -0.39 is 0 Å². The van der Waals surface area contributed by atoms with Gasteiger partial charge in [0.05, 0.1) is 12.3 Å². The number of hydrogen-bond acceptors (Lipinski definition) is 4. The van der Waals surface area contributed by atoms with Gasteiger partial charge in [0, 0.05) is 19.7 Å². The molecular formula is C9H16N4O. The van der Waals surface area contributed by atoms with Crippen LogP contribution in [0.1, 0.15) is 19.8 Å². The molecule has 1 aromatic rings. The Morgan fingerprint density at radius 2 is 2.64 bits per heavy atom. The standard InChI is InChI=1S/C9H16N4O/c1-2-13-9(7-11-12-13)10-6-8-4-3-5-14-8/h7-8,10H,2-6H2,1H3. The van der Waals surface area contributed by atoms with Gasteiger partial charge < -0.3 is 10.1 Å². The first kappa shape index (κ1) is 9.45. The topological polar surface area (TPSA) is 52.0 Å². The monoisotopic (exact) mass is 196 g/mol. The lowest BCUT2D eigenvalue weighted by molar-refractivity contribution is 0.120. The predicted octanol–water partition coefficient (Wildman–Crippen LogP) is 0.889. The molecule has 0 amide bonds. The fraction of sp³-hybridized carbons (Fsp3) is 0.778. The van der Waals surface area contributed by atoms with Crippen LogP contribution in [-0.2, 0) is 11.3 Å². The van der Waals surface area contributed by atoms with E-state index in [1.165, 1.54) is 6.42 Å². The number of aryl methyl sites for hydroxylation is 1. The molecule has 2 rings (SSSR count). The Balaban J connectivity index is 1.84. The third-order valence-electron chi connectivity index (χ3n) is 2.45. The zero-order valence-corrected chi connectivity index (χ0v) is 8.44. The first-order valence-electron chi connectivity index (χ1n) is 5.14. The van der Waals surface area contributed by atoms with E-state index in [4.69, 9.17) is 4.74 Å². The highest BCUT2D eigenvalue weighted by Gasteiger charge is 2.15. The second-order valence-electron chi connectivity index (χ2n) is 3.45. The van der Waals surface area contributed by atoms with Gasteiger partial charge in [-0.25, -0.2) is 4.68 Å². The minimum absolute atomic E-state index is 0.357. The van der Waals surface area contributed by atoms with Gasteiger partial charge in [-0.1, -0.05) is 5.21 Å². The second-order valence-corrected chi connectivity index (χ2v) is 3.45. The summed E-state index contributed by atoms with van der Waals surface area (Å²) in [5.41, 5.74) is 0. The van der Waals surface area contributed by atoms with Gasteiger partial charge in [0.2, 0.25) is 0 Å². The van der Waals surface area contributed by atoms with Crippen molar-refractivity contribution >= 4 is 5.82 Å². The molecule has 1 aromatic heterocycles. The quantitative estimate of drug-likeness (QED) is 0.777. The van der Waals surface area contributed by atoms with Crippen molar-refractivity contribution in [3.8, 4) is 0 Å². The average molecular weight is 196 g/mol. The molecule has 1 fully saturated rings. The lowest BCUT2D eigenvalue weighted by atomic mass is 10.2. The number of hydrogen-bond donors (Lipinski definition) is 1. The highest BCUT2D eigenvalue weighted by Crippen LogP contribution is 2.13. The molecule has 1 unspecified atom stereocenters. The highest BCUT2D eigenvalue weighted by atomic mass is 16.5. The smallest absolute Gasteiger partial charge is 0.144 e. The van der Waals surface area contributed by atoms with E-state index in [2.05, 4.69) is 15.6 Å². The maximum absolute atomic E-state index is 5.51. The summed E-state index contributed by atoms with van der Waals surface area (Å²) in [7, 11) is 0. The van der Waals surface area contributed by atoms with Crippen LogP contribution in [0.25, 0.3) is 0 Å². The summed E-state index contributed by atoms with van der Waals surface area (Å²) < 4.78 is 7.35. The summed E-state index contributed by atoms with van der Waals surface area (Å²) in [5.74, 6) is 0.975. The molecule has 1 aliphatic heterocycles. The van der Waals surface area contributed by atoms with Crippen LogP contribution in [0, 0.1) is 0 Å². The van der Waals surface area contributed by atoms with Gasteiger partial charge in [0.1, 0.15) is 5.82 Å². The molecule has 14 heavy (non-hydrogen) atoms. The van der Waals surface area contributed by atoms with Crippen molar-refractivity contribution in [3.05, 3.63) is 6.20 Å². The van der Waals surface area contributed by atoms with Crippen LogP contribution in [-0.4, -0.2) is 34.2 Å². The number of nitrogens with one attached hydrogen (secondary N) is 1. The lowest BCUT2D eigenvalue weighted by Gasteiger charge is -2.11. The molecule has 0 spiro atoms. The van der Waals surface area contributed by atoms with Crippen molar-refractivity contribution in [2.24, 2.45) is 0 Å². The number of rotatable bonds is 4. The van der Waals surface area contributed by atoms with Crippen LogP contribution in [0.3, 0.4) is 0 Å². The van der Waals surface area contributed by atoms with Gasteiger partial charge >= 0.3 is 0 Å². The largest absolute Gasteiger partial charge is 0.376 e. The Labute approximate surface area is 83.4 Å². The highest BCUT2D eigenvalue weighted by molar-refractivity contribution is 5.30. The van der Waals surface area contributed by atoms with Gasteiger partial charge in [0.25, 0.3) is 0 Å². The Kier molecular flexibility index (Phi) is 2.98. The first-order valence-corrected chi connectivity index (χ1v) is 5.14. The van der Waals surface area contributed by atoms with E-state index in [9.17, 15) is 0 Å². The van der Waals surface area contributed by atoms with Crippen LogP contribution in [0.5, 0.6) is 0 Å². The van der Waals surface area contributed by atoms with Crippen molar-refractivity contribution in [1.82, 2.24) is 15.0 Å². The van der Waals surface area contributed by atoms with Gasteiger partial charge in [0.15, 0.2) is 0 Å². The summed E-state index contributed by atoms with van der Waals surface area (Å²) in [6, 6.07) is 0. The summed E-state index contributed by atoms with van der Waals surface area (Å²) >= 11 is 0. The molecular weight excluding hydrogens is 180 g/mol. The molecule has 5 nitrogen and oxygen atoms in total. The molecule has 1 N–H and O–H groups in total. The van der Waals surface area contributed by atoms with E-state index in [0.717, 1.165) is 31.9 Å². The molecule has 0 bridgehead atoms. The van der Waals surface area contributed by atoms with Crippen molar-refractivity contribution in [2.75, 3.05) is 18.5 Å². The zero-order valence-electron chi connectivity index (χ0n) is 8.44. The van der Waals surface area contributed by atoms with Crippen LogP contribution in [0.15, 0.2) is 6.20 Å². The maximum atomic E-state index is 5.51. The summed E-state index contributed by atoms with van der Waals surface area (Å²) in [6.07, 6.45) is 4.44. The van der Waals surface area contributed by atoms with Crippen molar-refractivity contribution in [2.45, 2.75) is 32.4 Å². The minimum atomic E-state index is 0.357. The third-order valence-corrected chi connectivity index (χ3v) is 2.45. The molecule has 0 aliphatic carbocycles. The maximum Gasteiger partial charge on any atom is 0.144 e. The van der Waals surface area contributed by atoms with Gasteiger partial charge in [-0.15, -0.1) is 5.10 Å². The van der Waals surface area contributed by atoms with Gasteiger partial charge in [-0.05, 0) is 19.8 Å². The van der Waals surface area contributed by atoms with Crippen LogP contribution >= 0.6 is 0 Å². The molecule has 78 valence electrons. The van der Waals surface area contributed by atoms with Gasteiger partial charge in [-0.3, -0.25) is 0 Å². The minimum Gasteiger partial charge on any atom is -0.376 e. The van der Waals surface area contributed by atoms with E-state index in [0.29, 0.717) is 6.10 Å². The van der Waals surface area contributed by atoms with Gasteiger partial charge in [-0.2, -0.15) is 0 Å². The normalized spacial score (nSPS) is 21.4. The average Bonchev–Trinajstić information content (AvgIpc) is 2.85. The van der Waals surface area contributed by atoms with Crippen molar-refractivity contribution < 1.29 is 4.74 Å². The molecule has 0 radical (unpaired) electrons. The fourth-order valence-electron chi connectivity index (χ4n) is 1.65. The molecule has 0 aromatic carbocycles. The number of nitrogens with zero attached hydrogens (tertiary/aromatic N) is 3. The van der Waals surface area contributed by atoms with E-state index in [1.54, 1.807) is 6.20 Å². The lowest BCUT2D eigenvalue weighted by Crippen LogP contribution is -2.20. The SMILES string of the molecule is CCn1nncc1NCC1CCCO1. The second kappa shape index (κ2) is 4.41. The summed E-state index contributed by atoms with van der Waals surface area (Å²) in [5, 5.41) is 11.1. The van der Waals surface area contributed by atoms with E-state index >= 15 is 0 Å². The Bertz CT molecular complexity index is 280. The first-order chi connectivity index (χ1) is 6.90. The molecule has 0 saturated carbocycles. The third kappa shape index (κ3) is 2.04. The number of anilines is 1. The number of ether oxygens (including phenoxy) is 1. The zero-order chi connectivity index (χ0) is 9.80. The Morgan fingerprint density at radius 1 is 1.71 bits per heavy atom. The van der Waals surface area contributed by atoms with Crippen LogP contribution < -0.4 is 5.32 Å². The molecule has 1 atom stereocenters. The van der Waals surface area contributed by atoms with Crippen molar-refractivity contribution in [1.29, 1.82) is 0 Å². The molecule has 2 heterocycles. The fourth-order valence-corrected chi connectivity index (χ4v) is 1.65. The Hall–Kier alpha value is -1.10. The molecule has 1 saturated heterocycles. The van der Waals surface area contributed by atoms with E-state index in [-0.39, 0.29) is 0 Å². The van der Waals surface area contributed by atoms with E-state index in [1.807, 2.05) is 11.6 Å². The molecule has 1 aliphatic rings. The van der Waals surface area contributed by atoms with Crippen LogP contribution in [0.4, 0.5) is 5.82 Å². The summed E-state index contributed by atoms with van der Waals surface area (Å²) in [4.78, 5) is 0. The predicted molar refractivity (Wildman–Crippen MR) is 53.2 cm³/mol. The number of aromatic nitrogens is 3. The Morgan fingerprint density at radius 3 is 3.36 bits per heavy atom.